The molecule has 0 radical (unpaired) electrons. The van der Waals surface area contributed by atoms with Crippen molar-refractivity contribution in [3.05, 3.63) is 62.3 Å². The first-order valence-corrected chi connectivity index (χ1v) is 10.1. The average molecular weight is 430 g/mol. The zero-order valence-electron chi connectivity index (χ0n) is 18.8. The number of nitrogen functional groups attached to an aromatic ring is 1. The minimum absolute atomic E-state index is 0.0193. The SMILES string of the molecule is CCn1c(=O)c(C(=O)CN(C)CC(=O)NC(C)(C)C)c(N)n(Cc2ccccc2)c1=O. The van der Waals surface area contributed by atoms with Crippen LogP contribution in [0.2, 0.25) is 0 Å². The Morgan fingerprint density at radius 1 is 1.06 bits per heavy atom. The van der Waals surface area contributed by atoms with E-state index >= 15 is 0 Å². The van der Waals surface area contributed by atoms with Gasteiger partial charge in [0.05, 0.1) is 19.6 Å². The number of nitrogens with zero attached hydrogens (tertiary/aromatic N) is 3. The lowest BCUT2D eigenvalue weighted by molar-refractivity contribution is -0.123. The summed E-state index contributed by atoms with van der Waals surface area (Å²) in [7, 11) is 1.61. The molecule has 168 valence electrons. The fourth-order valence-corrected chi connectivity index (χ4v) is 3.26. The molecule has 0 unspecified atom stereocenters. The van der Waals surface area contributed by atoms with Crippen LogP contribution in [0.4, 0.5) is 5.82 Å². The minimum atomic E-state index is -0.716. The van der Waals surface area contributed by atoms with Crippen LogP contribution >= 0.6 is 0 Å². The number of Topliss-reactive ketones (excluding diaryl/α,β-unsaturated/α-hetero) is 1. The van der Waals surface area contributed by atoms with Crippen LogP contribution in [0.15, 0.2) is 39.9 Å². The van der Waals surface area contributed by atoms with Crippen LogP contribution in [0.25, 0.3) is 0 Å². The fraction of sp³-hybridized carbons (Fsp3) is 0.455. The highest BCUT2D eigenvalue weighted by Gasteiger charge is 2.24. The van der Waals surface area contributed by atoms with Crippen LogP contribution in [0.3, 0.4) is 0 Å². The van der Waals surface area contributed by atoms with Gasteiger partial charge in [0.25, 0.3) is 5.56 Å². The predicted octanol–water partition coefficient (Wildman–Crippen LogP) is 0.690. The molecule has 1 heterocycles. The summed E-state index contributed by atoms with van der Waals surface area (Å²) in [5.74, 6) is -0.950. The average Bonchev–Trinajstić information content (AvgIpc) is 2.64. The number of anilines is 1. The molecule has 1 aromatic carbocycles. The highest BCUT2D eigenvalue weighted by molar-refractivity contribution is 6.01. The molecule has 9 nitrogen and oxygen atoms in total. The van der Waals surface area contributed by atoms with E-state index in [0.717, 1.165) is 10.1 Å². The molecule has 0 spiro atoms. The molecular formula is C22H31N5O4. The Morgan fingerprint density at radius 3 is 2.23 bits per heavy atom. The van der Waals surface area contributed by atoms with Gasteiger partial charge in [-0.15, -0.1) is 0 Å². The Hall–Kier alpha value is -3.20. The molecule has 2 aromatic rings. The summed E-state index contributed by atoms with van der Waals surface area (Å²) in [6, 6.07) is 9.17. The van der Waals surface area contributed by atoms with Gasteiger partial charge in [-0.2, -0.15) is 0 Å². The maximum atomic E-state index is 13.0. The van der Waals surface area contributed by atoms with E-state index in [1.54, 1.807) is 14.0 Å². The van der Waals surface area contributed by atoms with Crippen LogP contribution in [0.1, 0.15) is 43.6 Å². The van der Waals surface area contributed by atoms with Crippen molar-refractivity contribution in [1.82, 2.24) is 19.4 Å². The highest BCUT2D eigenvalue weighted by Crippen LogP contribution is 2.10. The lowest BCUT2D eigenvalue weighted by Crippen LogP contribution is -2.47. The second-order valence-electron chi connectivity index (χ2n) is 8.56. The zero-order valence-corrected chi connectivity index (χ0v) is 18.8. The summed E-state index contributed by atoms with van der Waals surface area (Å²) in [5, 5.41) is 2.82. The molecule has 0 aliphatic rings. The van der Waals surface area contributed by atoms with Crippen molar-refractivity contribution in [1.29, 1.82) is 0 Å². The van der Waals surface area contributed by atoms with Gasteiger partial charge in [0.15, 0.2) is 5.78 Å². The zero-order chi connectivity index (χ0) is 23.3. The lowest BCUT2D eigenvalue weighted by atomic mass is 10.1. The number of likely N-dealkylation sites (N-methyl/N-ethyl adjacent to an activating group) is 1. The van der Waals surface area contributed by atoms with Gasteiger partial charge in [0.1, 0.15) is 11.4 Å². The van der Waals surface area contributed by atoms with Gasteiger partial charge in [0.2, 0.25) is 5.91 Å². The first-order valence-electron chi connectivity index (χ1n) is 10.1. The quantitative estimate of drug-likeness (QED) is 0.596. The van der Waals surface area contributed by atoms with Crippen molar-refractivity contribution < 1.29 is 9.59 Å². The molecule has 0 saturated heterocycles. The third-order valence-corrected chi connectivity index (χ3v) is 4.59. The van der Waals surface area contributed by atoms with Crippen LogP contribution in [0.5, 0.6) is 0 Å². The number of amides is 1. The summed E-state index contributed by atoms with van der Waals surface area (Å²) in [5.41, 5.74) is 5.05. The predicted molar refractivity (Wildman–Crippen MR) is 120 cm³/mol. The topological polar surface area (TPSA) is 119 Å². The number of ketones is 1. The van der Waals surface area contributed by atoms with E-state index < -0.39 is 22.6 Å². The van der Waals surface area contributed by atoms with Crippen molar-refractivity contribution >= 4 is 17.5 Å². The van der Waals surface area contributed by atoms with E-state index in [-0.39, 0.29) is 43.5 Å². The summed E-state index contributed by atoms with van der Waals surface area (Å²) in [6.07, 6.45) is 0. The maximum absolute atomic E-state index is 13.0. The summed E-state index contributed by atoms with van der Waals surface area (Å²) < 4.78 is 2.23. The smallest absolute Gasteiger partial charge is 0.332 e. The summed E-state index contributed by atoms with van der Waals surface area (Å²) in [6.45, 7) is 7.27. The van der Waals surface area contributed by atoms with Crippen LogP contribution in [-0.2, 0) is 17.9 Å². The van der Waals surface area contributed by atoms with Crippen LogP contribution in [-0.4, -0.2) is 51.4 Å². The van der Waals surface area contributed by atoms with Crippen molar-refractivity contribution in [3.63, 3.8) is 0 Å². The highest BCUT2D eigenvalue weighted by atomic mass is 16.2. The summed E-state index contributed by atoms with van der Waals surface area (Å²) >= 11 is 0. The molecule has 2 rings (SSSR count). The molecule has 3 N–H and O–H groups in total. The third-order valence-electron chi connectivity index (χ3n) is 4.59. The minimum Gasteiger partial charge on any atom is -0.384 e. The van der Waals surface area contributed by atoms with Gasteiger partial charge in [-0.3, -0.25) is 28.4 Å². The Kier molecular flexibility index (Phi) is 7.56. The molecule has 0 aliphatic carbocycles. The maximum Gasteiger partial charge on any atom is 0.332 e. The first kappa shape index (κ1) is 24.1. The number of nitrogens with one attached hydrogen (secondary N) is 1. The first-order chi connectivity index (χ1) is 14.4. The van der Waals surface area contributed by atoms with Crippen molar-refractivity contribution in [2.75, 3.05) is 25.9 Å². The van der Waals surface area contributed by atoms with Gasteiger partial charge < -0.3 is 11.1 Å². The van der Waals surface area contributed by atoms with Crippen molar-refractivity contribution in [3.8, 4) is 0 Å². The number of rotatable bonds is 8. The number of carbonyl (C=O) groups is 2. The molecule has 0 fully saturated rings. The number of hydrogen-bond donors (Lipinski definition) is 2. The number of nitrogens with two attached hydrogens (primary N) is 1. The van der Waals surface area contributed by atoms with Crippen LogP contribution < -0.4 is 22.3 Å². The summed E-state index contributed by atoms with van der Waals surface area (Å²) in [4.78, 5) is 52.2. The standard InChI is InChI=1S/C22H31N5O4/c1-6-26-20(30)18(16(28)13-25(5)14-17(29)24-22(2,3)4)19(23)27(21(26)31)12-15-10-8-7-9-11-15/h7-11H,6,12-14,23H2,1-5H3,(H,24,29). The van der Waals surface area contributed by atoms with E-state index in [2.05, 4.69) is 5.32 Å². The molecule has 0 saturated carbocycles. The largest absolute Gasteiger partial charge is 0.384 e. The number of benzene rings is 1. The number of aromatic nitrogens is 2. The Morgan fingerprint density at radius 2 is 1.68 bits per heavy atom. The lowest BCUT2D eigenvalue weighted by Gasteiger charge is -2.23. The molecule has 9 heteroatoms. The third kappa shape index (κ3) is 6.14. The second-order valence-corrected chi connectivity index (χ2v) is 8.56. The van der Waals surface area contributed by atoms with Crippen molar-refractivity contribution in [2.24, 2.45) is 0 Å². The monoisotopic (exact) mass is 429 g/mol. The Bertz CT molecular complexity index is 1060. The molecule has 0 atom stereocenters. The molecule has 0 aliphatic heterocycles. The molecule has 0 bridgehead atoms. The molecular weight excluding hydrogens is 398 g/mol. The van der Waals surface area contributed by atoms with E-state index in [9.17, 15) is 19.2 Å². The van der Waals surface area contributed by atoms with E-state index in [1.165, 1.54) is 9.47 Å². The number of hydrogen-bond acceptors (Lipinski definition) is 6. The fourth-order valence-electron chi connectivity index (χ4n) is 3.26. The van der Waals surface area contributed by atoms with Gasteiger partial charge in [-0.25, -0.2) is 4.79 Å². The van der Waals surface area contributed by atoms with E-state index in [4.69, 9.17) is 5.73 Å². The molecule has 1 aromatic heterocycles. The Balaban J connectivity index is 2.35. The molecule has 31 heavy (non-hydrogen) atoms. The normalized spacial score (nSPS) is 11.5. The van der Waals surface area contributed by atoms with Gasteiger partial charge in [0, 0.05) is 12.1 Å². The van der Waals surface area contributed by atoms with Gasteiger partial charge >= 0.3 is 5.69 Å². The Labute approximate surface area is 181 Å². The molecule has 1 amide bonds. The van der Waals surface area contributed by atoms with Gasteiger partial charge in [-0.05, 0) is 40.3 Å². The van der Waals surface area contributed by atoms with E-state index in [0.29, 0.717) is 0 Å². The van der Waals surface area contributed by atoms with Crippen molar-refractivity contribution in [2.45, 2.75) is 46.3 Å². The second kappa shape index (κ2) is 9.74. The van der Waals surface area contributed by atoms with Gasteiger partial charge in [-0.1, -0.05) is 30.3 Å². The van der Waals surface area contributed by atoms with Crippen LogP contribution in [0, 0.1) is 0 Å². The van der Waals surface area contributed by atoms with E-state index in [1.807, 2.05) is 51.1 Å². The number of carbonyl (C=O) groups excluding carboxylic acids is 2.